The first kappa shape index (κ1) is 12.0. The van der Waals surface area contributed by atoms with Gasteiger partial charge in [0.25, 0.3) is 0 Å². The topological polar surface area (TPSA) is 50.7 Å². The standard InChI is InChI=1S/C4H9N3S.HI/c1-3-6-7-4(5)8-2;/h3H,1-2H3,(H2,5,7);1H. The summed E-state index contributed by atoms with van der Waals surface area (Å²) in [7, 11) is 0. The quantitative estimate of drug-likeness (QED) is 0.334. The summed E-state index contributed by atoms with van der Waals surface area (Å²) in [5, 5.41) is 7.64. The molecular formula is C4H10IN3S. The van der Waals surface area contributed by atoms with E-state index in [0.717, 1.165) is 0 Å². The summed E-state index contributed by atoms with van der Waals surface area (Å²) in [5.74, 6) is 0. The molecular weight excluding hydrogens is 249 g/mol. The average molecular weight is 259 g/mol. The molecule has 0 amide bonds. The van der Waals surface area contributed by atoms with Gasteiger partial charge in [-0.25, -0.2) is 0 Å². The zero-order valence-corrected chi connectivity index (χ0v) is 8.51. The fraction of sp³-hybridized carbons (Fsp3) is 0.500. The Kier molecular flexibility index (Phi) is 10.9. The predicted molar refractivity (Wildman–Crippen MR) is 54.7 cm³/mol. The summed E-state index contributed by atoms with van der Waals surface area (Å²) < 4.78 is 0. The van der Waals surface area contributed by atoms with E-state index in [1.54, 1.807) is 13.1 Å². The van der Waals surface area contributed by atoms with Crippen molar-refractivity contribution in [1.29, 1.82) is 0 Å². The highest BCUT2D eigenvalue weighted by Gasteiger charge is 1.79. The SMILES string of the molecule is CC=NN=C(N)SC.I. The maximum absolute atomic E-state index is 5.26. The van der Waals surface area contributed by atoms with Gasteiger partial charge in [-0.05, 0) is 13.2 Å². The van der Waals surface area contributed by atoms with Crippen LogP contribution < -0.4 is 5.73 Å². The Morgan fingerprint density at radius 2 is 2.22 bits per heavy atom. The molecule has 9 heavy (non-hydrogen) atoms. The third-order valence-electron chi connectivity index (χ3n) is 0.481. The second-order valence-corrected chi connectivity index (χ2v) is 1.84. The predicted octanol–water partition coefficient (Wildman–Crippen LogP) is 1.29. The summed E-state index contributed by atoms with van der Waals surface area (Å²) in [5.41, 5.74) is 5.26. The van der Waals surface area contributed by atoms with Crippen molar-refractivity contribution >= 4 is 47.1 Å². The normalized spacial score (nSPS) is 11.6. The molecule has 5 heteroatoms. The number of nitrogens with two attached hydrogens (primary N) is 1. The second-order valence-electron chi connectivity index (χ2n) is 1.02. The maximum Gasteiger partial charge on any atom is 0.180 e. The molecule has 0 aliphatic rings. The zero-order valence-electron chi connectivity index (χ0n) is 5.37. The molecule has 0 spiro atoms. The van der Waals surface area contributed by atoms with Gasteiger partial charge in [-0.15, -0.1) is 29.1 Å². The molecule has 0 aliphatic carbocycles. The first-order valence-electron chi connectivity index (χ1n) is 2.16. The molecule has 0 heterocycles. The van der Waals surface area contributed by atoms with Gasteiger partial charge in [0, 0.05) is 6.21 Å². The van der Waals surface area contributed by atoms with Crippen LogP contribution in [0.2, 0.25) is 0 Å². The van der Waals surface area contributed by atoms with E-state index in [4.69, 9.17) is 5.73 Å². The Labute approximate surface area is 76.2 Å². The monoisotopic (exact) mass is 259 g/mol. The molecule has 0 saturated heterocycles. The minimum Gasteiger partial charge on any atom is -0.377 e. The van der Waals surface area contributed by atoms with Crippen molar-refractivity contribution in [2.24, 2.45) is 15.9 Å². The van der Waals surface area contributed by atoms with Crippen molar-refractivity contribution in [1.82, 2.24) is 0 Å². The minimum atomic E-state index is 0. The van der Waals surface area contributed by atoms with Crippen molar-refractivity contribution in [3.05, 3.63) is 0 Å². The van der Waals surface area contributed by atoms with Crippen LogP contribution in [0.25, 0.3) is 0 Å². The van der Waals surface area contributed by atoms with Crippen molar-refractivity contribution < 1.29 is 0 Å². The summed E-state index contributed by atoms with van der Waals surface area (Å²) in [6.07, 6.45) is 3.44. The van der Waals surface area contributed by atoms with E-state index in [9.17, 15) is 0 Å². The van der Waals surface area contributed by atoms with E-state index in [1.807, 2.05) is 6.26 Å². The van der Waals surface area contributed by atoms with E-state index in [2.05, 4.69) is 10.2 Å². The number of halogens is 1. The van der Waals surface area contributed by atoms with E-state index in [0.29, 0.717) is 5.17 Å². The first-order valence-corrected chi connectivity index (χ1v) is 3.38. The highest BCUT2D eigenvalue weighted by atomic mass is 127. The molecule has 0 radical (unpaired) electrons. The lowest BCUT2D eigenvalue weighted by atomic mass is 10.9. The number of rotatable bonds is 1. The Bertz CT molecular complexity index is 112. The van der Waals surface area contributed by atoms with Gasteiger partial charge in [0.2, 0.25) is 0 Å². The molecule has 0 fully saturated rings. The number of thioether (sulfide) groups is 1. The minimum absolute atomic E-state index is 0. The van der Waals surface area contributed by atoms with E-state index < -0.39 is 0 Å². The van der Waals surface area contributed by atoms with Gasteiger partial charge in [0.1, 0.15) is 0 Å². The van der Waals surface area contributed by atoms with Crippen LogP contribution >= 0.6 is 35.7 Å². The van der Waals surface area contributed by atoms with Gasteiger partial charge in [0.15, 0.2) is 5.17 Å². The summed E-state index contributed by atoms with van der Waals surface area (Å²) >= 11 is 1.38. The van der Waals surface area contributed by atoms with Gasteiger partial charge in [0.05, 0.1) is 0 Å². The Balaban J connectivity index is 0. The molecule has 0 unspecified atom stereocenters. The lowest BCUT2D eigenvalue weighted by molar-refractivity contribution is 1.25. The molecule has 0 aromatic rings. The fourth-order valence-corrected chi connectivity index (χ4v) is 0.284. The Hall–Kier alpha value is 0.220. The number of hydrogen-bond acceptors (Lipinski definition) is 3. The smallest absolute Gasteiger partial charge is 0.180 e. The molecule has 54 valence electrons. The molecule has 0 saturated carbocycles. The van der Waals surface area contributed by atoms with Crippen LogP contribution in [0.1, 0.15) is 6.92 Å². The Morgan fingerprint density at radius 3 is 2.56 bits per heavy atom. The zero-order chi connectivity index (χ0) is 6.41. The molecule has 0 bridgehead atoms. The van der Waals surface area contributed by atoms with Crippen molar-refractivity contribution in [3.8, 4) is 0 Å². The molecule has 0 atom stereocenters. The highest BCUT2D eigenvalue weighted by molar-refractivity contribution is 14.0. The van der Waals surface area contributed by atoms with E-state index in [1.165, 1.54) is 11.8 Å². The summed E-state index contributed by atoms with van der Waals surface area (Å²) in [6.45, 7) is 1.79. The van der Waals surface area contributed by atoms with Gasteiger partial charge in [-0.2, -0.15) is 5.10 Å². The molecule has 2 N–H and O–H groups in total. The van der Waals surface area contributed by atoms with Crippen LogP contribution in [-0.2, 0) is 0 Å². The van der Waals surface area contributed by atoms with Crippen molar-refractivity contribution in [2.45, 2.75) is 6.92 Å². The number of amidine groups is 1. The largest absolute Gasteiger partial charge is 0.377 e. The molecule has 0 aliphatic heterocycles. The van der Waals surface area contributed by atoms with Crippen LogP contribution in [0.3, 0.4) is 0 Å². The summed E-state index contributed by atoms with van der Waals surface area (Å²) in [4.78, 5) is 0. The second kappa shape index (κ2) is 8.22. The van der Waals surface area contributed by atoms with Gasteiger partial charge < -0.3 is 5.73 Å². The molecule has 0 aromatic carbocycles. The third kappa shape index (κ3) is 8.22. The first-order chi connectivity index (χ1) is 3.81. The lowest BCUT2D eigenvalue weighted by Gasteiger charge is -1.85. The highest BCUT2D eigenvalue weighted by Crippen LogP contribution is 1.89. The number of nitrogens with zero attached hydrogens (tertiary/aromatic N) is 2. The van der Waals surface area contributed by atoms with Crippen molar-refractivity contribution in [3.63, 3.8) is 0 Å². The van der Waals surface area contributed by atoms with Gasteiger partial charge in [-0.1, -0.05) is 11.8 Å². The van der Waals surface area contributed by atoms with Crippen LogP contribution in [-0.4, -0.2) is 17.6 Å². The molecule has 0 aromatic heterocycles. The summed E-state index contributed by atoms with van der Waals surface area (Å²) in [6, 6.07) is 0. The van der Waals surface area contributed by atoms with E-state index >= 15 is 0 Å². The van der Waals surface area contributed by atoms with Gasteiger partial charge in [-0.3, -0.25) is 0 Å². The maximum atomic E-state index is 5.26. The van der Waals surface area contributed by atoms with Crippen LogP contribution in [0, 0.1) is 0 Å². The Morgan fingerprint density at radius 1 is 1.67 bits per heavy atom. The molecule has 0 rings (SSSR count). The number of hydrogen-bond donors (Lipinski definition) is 1. The lowest BCUT2D eigenvalue weighted by Crippen LogP contribution is -2.03. The van der Waals surface area contributed by atoms with Crippen LogP contribution in [0.15, 0.2) is 10.2 Å². The third-order valence-corrected chi connectivity index (χ3v) is 0.981. The van der Waals surface area contributed by atoms with E-state index in [-0.39, 0.29) is 24.0 Å². The van der Waals surface area contributed by atoms with Crippen molar-refractivity contribution in [2.75, 3.05) is 6.26 Å². The molecule has 3 nitrogen and oxygen atoms in total. The van der Waals surface area contributed by atoms with Crippen LogP contribution in [0.5, 0.6) is 0 Å². The fourth-order valence-electron chi connectivity index (χ4n) is 0.155. The van der Waals surface area contributed by atoms with Crippen LogP contribution in [0.4, 0.5) is 0 Å². The van der Waals surface area contributed by atoms with Gasteiger partial charge >= 0.3 is 0 Å². The average Bonchev–Trinajstić information content (AvgIpc) is 1.83.